The molecule has 2 nitrogen and oxygen atoms in total. The molecule has 1 aliphatic carbocycles. The molecule has 2 aliphatic rings. The molecule has 0 radical (unpaired) electrons. The van der Waals surface area contributed by atoms with E-state index in [9.17, 15) is 0 Å². The third-order valence-electron chi connectivity index (χ3n) is 4.75. The van der Waals surface area contributed by atoms with E-state index in [1.165, 1.54) is 58.2 Å². The molecule has 1 atom stereocenters. The Morgan fingerprint density at radius 2 is 1.94 bits per heavy atom. The fourth-order valence-corrected chi connectivity index (χ4v) is 3.76. The standard InChI is InChI=1S/C15H30N2/c1-4-10-17-12-15(8-6-5-7-9-15)16-11-14(17)13(2)3/h13-14,16H,4-12H2,1-3H3. The normalized spacial score (nSPS) is 30.0. The van der Waals surface area contributed by atoms with Crippen molar-refractivity contribution in [3.63, 3.8) is 0 Å². The summed E-state index contributed by atoms with van der Waals surface area (Å²) in [4.78, 5) is 2.77. The molecule has 0 bridgehead atoms. The van der Waals surface area contributed by atoms with Gasteiger partial charge in [0.1, 0.15) is 0 Å². The average Bonchev–Trinajstić information content (AvgIpc) is 2.30. The molecule has 0 amide bonds. The smallest absolute Gasteiger partial charge is 0.0309 e. The molecule has 2 rings (SSSR count). The molecule has 2 fully saturated rings. The predicted molar refractivity (Wildman–Crippen MR) is 74.3 cm³/mol. The summed E-state index contributed by atoms with van der Waals surface area (Å²) in [5, 5.41) is 3.91. The van der Waals surface area contributed by atoms with Crippen molar-refractivity contribution in [3.8, 4) is 0 Å². The van der Waals surface area contributed by atoms with Crippen LogP contribution in [-0.4, -0.2) is 36.1 Å². The first-order valence-corrected chi connectivity index (χ1v) is 7.66. The third-order valence-corrected chi connectivity index (χ3v) is 4.75. The largest absolute Gasteiger partial charge is 0.308 e. The van der Waals surface area contributed by atoms with Crippen LogP contribution in [0.3, 0.4) is 0 Å². The Hall–Kier alpha value is -0.0800. The molecule has 100 valence electrons. The van der Waals surface area contributed by atoms with Crippen LogP contribution >= 0.6 is 0 Å². The summed E-state index contributed by atoms with van der Waals surface area (Å²) in [6.07, 6.45) is 8.40. The van der Waals surface area contributed by atoms with Crippen molar-refractivity contribution in [3.05, 3.63) is 0 Å². The first kappa shape index (κ1) is 13.4. The van der Waals surface area contributed by atoms with Crippen LogP contribution in [0.5, 0.6) is 0 Å². The van der Waals surface area contributed by atoms with Crippen LogP contribution in [0.15, 0.2) is 0 Å². The van der Waals surface area contributed by atoms with Crippen molar-refractivity contribution < 1.29 is 0 Å². The summed E-state index contributed by atoms with van der Waals surface area (Å²) < 4.78 is 0. The van der Waals surface area contributed by atoms with Crippen molar-refractivity contribution in [2.45, 2.75) is 70.9 Å². The van der Waals surface area contributed by atoms with E-state index in [1.807, 2.05) is 0 Å². The fourth-order valence-electron chi connectivity index (χ4n) is 3.76. The molecule has 1 N–H and O–H groups in total. The van der Waals surface area contributed by atoms with Crippen LogP contribution in [0.1, 0.15) is 59.3 Å². The first-order valence-electron chi connectivity index (χ1n) is 7.66. The van der Waals surface area contributed by atoms with Gasteiger partial charge in [0.2, 0.25) is 0 Å². The quantitative estimate of drug-likeness (QED) is 0.813. The topological polar surface area (TPSA) is 15.3 Å². The second kappa shape index (κ2) is 5.71. The van der Waals surface area contributed by atoms with Crippen LogP contribution in [0.25, 0.3) is 0 Å². The van der Waals surface area contributed by atoms with Crippen LogP contribution in [0.4, 0.5) is 0 Å². The highest BCUT2D eigenvalue weighted by Gasteiger charge is 2.40. The van der Waals surface area contributed by atoms with Gasteiger partial charge in [0.15, 0.2) is 0 Å². The van der Waals surface area contributed by atoms with Gasteiger partial charge < -0.3 is 5.32 Å². The zero-order valence-corrected chi connectivity index (χ0v) is 12.0. The molecule has 2 heteroatoms. The van der Waals surface area contributed by atoms with Gasteiger partial charge in [-0.1, -0.05) is 40.0 Å². The van der Waals surface area contributed by atoms with E-state index in [0.29, 0.717) is 5.54 Å². The molecule has 17 heavy (non-hydrogen) atoms. The lowest BCUT2D eigenvalue weighted by molar-refractivity contribution is 0.0367. The number of rotatable bonds is 3. The van der Waals surface area contributed by atoms with Crippen molar-refractivity contribution in [1.29, 1.82) is 0 Å². The number of piperazine rings is 1. The molecule has 1 saturated heterocycles. The molecule has 1 spiro atoms. The zero-order chi connectivity index (χ0) is 12.3. The van der Waals surface area contributed by atoms with Crippen molar-refractivity contribution in [2.24, 2.45) is 5.92 Å². The lowest BCUT2D eigenvalue weighted by Crippen LogP contribution is -2.65. The van der Waals surface area contributed by atoms with Gasteiger partial charge in [0.25, 0.3) is 0 Å². The Bertz CT molecular complexity index is 231. The highest BCUT2D eigenvalue weighted by molar-refractivity contribution is 5.00. The minimum absolute atomic E-state index is 0.471. The van der Waals surface area contributed by atoms with Gasteiger partial charge in [-0.05, 0) is 31.7 Å². The fraction of sp³-hybridized carbons (Fsp3) is 1.00. The maximum absolute atomic E-state index is 3.91. The van der Waals surface area contributed by atoms with E-state index < -0.39 is 0 Å². The van der Waals surface area contributed by atoms with E-state index in [2.05, 4.69) is 31.0 Å². The molecule has 0 aromatic heterocycles. The molecule has 1 saturated carbocycles. The predicted octanol–water partition coefficient (Wildman–Crippen LogP) is 3.03. The van der Waals surface area contributed by atoms with E-state index in [1.54, 1.807) is 0 Å². The minimum Gasteiger partial charge on any atom is -0.308 e. The van der Waals surface area contributed by atoms with Crippen LogP contribution in [-0.2, 0) is 0 Å². The minimum atomic E-state index is 0.471. The number of nitrogens with zero attached hydrogens (tertiary/aromatic N) is 1. The first-order chi connectivity index (χ1) is 8.17. The third kappa shape index (κ3) is 3.03. The number of nitrogens with one attached hydrogen (secondary N) is 1. The molecule has 1 aliphatic heterocycles. The zero-order valence-electron chi connectivity index (χ0n) is 12.0. The second-order valence-corrected chi connectivity index (χ2v) is 6.50. The Morgan fingerprint density at radius 3 is 2.53 bits per heavy atom. The average molecular weight is 238 g/mol. The van der Waals surface area contributed by atoms with Gasteiger partial charge in [-0.3, -0.25) is 4.90 Å². The highest BCUT2D eigenvalue weighted by atomic mass is 15.3. The SMILES string of the molecule is CCCN1CC2(CCCCC2)NCC1C(C)C. The van der Waals surface area contributed by atoms with E-state index in [4.69, 9.17) is 0 Å². The van der Waals surface area contributed by atoms with Gasteiger partial charge in [-0.2, -0.15) is 0 Å². The summed E-state index contributed by atoms with van der Waals surface area (Å²) in [5.41, 5.74) is 0.471. The second-order valence-electron chi connectivity index (χ2n) is 6.50. The number of hydrogen-bond donors (Lipinski definition) is 1. The highest BCUT2D eigenvalue weighted by Crippen LogP contribution is 2.32. The van der Waals surface area contributed by atoms with Crippen LogP contribution in [0.2, 0.25) is 0 Å². The van der Waals surface area contributed by atoms with E-state index in [-0.39, 0.29) is 0 Å². The van der Waals surface area contributed by atoms with Crippen molar-refractivity contribution in [1.82, 2.24) is 10.2 Å². The van der Waals surface area contributed by atoms with Crippen molar-refractivity contribution >= 4 is 0 Å². The maximum atomic E-state index is 3.91. The molecular formula is C15H30N2. The van der Waals surface area contributed by atoms with Gasteiger partial charge in [0, 0.05) is 24.7 Å². The maximum Gasteiger partial charge on any atom is 0.0309 e. The Labute approximate surface area is 107 Å². The van der Waals surface area contributed by atoms with Crippen LogP contribution in [0, 0.1) is 5.92 Å². The monoisotopic (exact) mass is 238 g/mol. The summed E-state index contributed by atoms with van der Waals surface area (Å²) >= 11 is 0. The van der Waals surface area contributed by atoms with E-state index >= 15 is 0 Å². The molecule has 1 unspecified atom stereocenters. The molecule has 0 aromatic rings. The van der Waals surface area contributed by atoms with Gasteiger partial charge in [-0.25, -0.2) is 0 Å². The Morgan fingerprint density at radius 1 is 1.24 bits per heavy atom. The van der Waals surface area contributed by atoms with Gasteiger partial charge >= 0.3 is 0 Å². The summed E-state index contributed by atoms with van der Waals surface area (Å²) in [6, 6.07) is 0.752. The molecule has 0 aromatic carbocycles. The summed E-state index contributed by atoms with van der Waals surface area (Å²) in [5.74, 6) is 0.773. The Balaban J connectivity index is 2.01. The lowest BCUT2D eigenvalue weighted by Gasteiger charge is -2.51. The number of hydrogen-bond acceptors (Lipinski definition) is 2. The van der Waals surface area contributed by atoms with Crippen molar-refractivity contribution in [2.75, 3.05) is 19.6 Å². The lowest BCUT2D eigenvalue weighted by atomic mass is 9.78. The summed E-state index contributed by atoms with van der Waals surface area (Å²) in [7, 11) is 0. The Kier molecular flexibility index (Phi) is 4.48. The van der Waals surface area contributed by atoms with Crippen LogP contribution < -0.4 is 5.32 Å². The summed E-state index contributed by atoms with van der Waals surface area (Å²) in [6.45, 7) is 10.8. The van der Waals surface area contributed by atoms with Gasteiger partial charge in [0.05, 0.1) is 0 Å². The van der Waals surface area contributed by atoms with Gasteiger partial charge in [-0.15, -0.1) is 0 Å². The molecule has 1 heterocycles. The molecular weight excluding hydrogens is 208 g/mol. The van der Waals surface area contributed by atoms with E-state index in [0.717, 1.165) is 12.0 Å².